The van der Waals surface area contributed by atoms with Gasteiger partial charge in [0.05, 0.1) is 10.4 Å². The van der Waals surface area contributed by atoms with Gasteiger partial charge >= 0.3 is 0 Å². The molecule has 0 saturated carbocycles. The molecule has 0 spiro atoms. The zero-order chi connectivity index (χ0) is 18.6. The maximum absolute atomic E-state index is 12.3. The molecule has 27 heavy (non-hydrogen) atoms. The molecule has 6 heteroatoms. The van der Waals surface area contributed by atoms with Crippen LogP contribution in [0.5, 0.6) is 0 Å². The van der Waals surface area contributed by atoms with Crippen molar-refractivity contribution in [3.63, 3.8) is 0 Å². The number of benzene rings is 2. The minimum atomic E-state index is -0.130. The van der Waals surface area contributed by atoms with Gasteiger partial charge in [0, 0.05) is 28.7 Å². The molecule has 0 unspecified atom stereocenters. The highest BCUT2D eigenvalue weighted by molar-refractivity contribution is 8.18. The second kappa shape index (κ2) is 7.94. The number of aliphatic imine (C=N–C) groups is 1. The molecule has 0 atom stereocenters. The number of nitrogens with one attached hydrogen (secondary N) is 1. The topological polar surface area (TPSA) is 54.4 Å². The normalized spacial score (nSPS) is 17.0. The van der Waals surface area contributed by atoms with Crippen LogP contribution in [-0.2, 0) is 11.2 Å². The predicted octanol–water partition coefficient (Wildman–Crippen LogP) is 4.69. The predicted molar refractivity (Wildman–Crippen MR) is 113 cm³/mol. The highest BCUT2D eigenvalue weighted by atomic mass is 35.5. The van der Waals surface area contributed by atoms with Crippen LogP contribution in [0.1, 0.15) is 11.1 Å². The fraction of sp³-hybridized carbons (Fsp3) is 0.0952. The van der Waals surface area contributed by atoms with Gasteiger partial charge < -0.3 is 5.32 Å². The summed E-state index contributed by atoms with van der Waals surface area (Å²) >= 11 is 7.36. The highest BCUT2D eigenvalue weighted by Gasteiger charge is 2.23. The number of halogens is 1. The average molecular weight is 394 g/mol. The quantitative estimate of drug-likeness (QED) is 0.654. The van der Waals surface area contributed by atoms with Crippen molar-refractivity contribution in [2.45, 2.75) is 6.42 Å². The first kappa shape index (κ1) is 17.8. The SMILES string of the molecule is O=C1NC(=NCCc2cccc(Cl)c2)SC1=Cc1cccc2cccnc12. The molecule has 1 N–H and O–H groups in total. The fourth-order valence-electron chi connectivity index (χ4n) is 2.87. The second-order valence-electron chi connectivity index (χ2n) is 6.05. The Morgan fingerprint density at radius 3 is 2.89 bits per heavy atom. The molecule has 3 aromatic rings. The van der Waals surface area contributed by atoms with Gasteiger partial charge in [0.1, 0.15) is 0 Å². The molecule has 2 heterocycles. The van der Waals surface area contributed by atoms with E-state index in [-0.39, 0.29) is 5.91 Å². The number of hydrogen-bond donors (Lipinski definition) is 1. The Hall–Kier alpha value is -2.63. The molecule has 1 aliphatic rings. The van der Waals surface area contributed by atoms with E-state index in [9.17, 15) is 4.79 Å². The molecular formula is C21H16ClN3OS. The van der Waals surface area contributed by atoms with Gasteiger partial charge in [0.2, 0.25) is 0 Å². The van der Waals surface area contributed by atoms with Gasteiger partial charge in [-0.2, -0.15) is 0 Å². The number of nitrogens with zero attached hydrogens (tertiary/aromatic N) is 2. The van der Waals surface area contributed by atoms with E-state index >= 15 is 0 Å². The third-order valence-corrected chi connectivity index (χ3v) is 5.33. The first-order valence-corrected chi connectivity index (χ1v) is 9.72. The van der Waals surface area contributed by atoms with E-state index in [4.69, 9.17) is 11.6 Å². The van der Waals surface area contributed by atoms with Crippen molar-refractivity contribution in [3.05, 3.63) is 81.8 Å². The van der Waals surface area contributed by atoms with E-state index in [2.05, 4.69) is 15.3 Å². The summed E-state index contributed by atoms with van der Waals surface area (Å²) in [5, 5.41) is 5.22. The van der Waals surface area contributed by atoms with Gasteiger partial charge in [-0.15, -0.1) is 0 Å². The third-order valence-electron chi connectivity index (χ3n) is 4.15. The van der Waals surface area contributed by atoms with Gasteiger partial charge in [-0.05, 0) is 48.0 Å². The van der Waals surface area contributed by atoms with Crippen molar-refractivity contribution in [1.29, 1.82) is 0 Å². The van der Waals surface area contributed by atoms with Gasteiger partial charge in [0.25, 0.3) is 5.91 Å². The van der Waals surface area contributed by atoms with Crippen LogP contribution in [0.15, 0.2) is 70.7 Å². The van der Waals surface area contributed by atoms with Crippen molar-refractivity contribution >= 4 is 51.4 Å². The summed E-state index contributed by atoms with van der Waals surface area (Å²) in [6.07, 6.45) is 4.40. The van der Waals surface area contributed by atoms with E-state index in [0.717, 1.165) is 33.5 Å². The lowest BCUT2D eigenvalue weighted by Crippen LogP contribution is -2.20. The number of carbonyl (C=O) groups excluding carboxylic acids is 1. The number of hydrogen-bond acceptors (Lipinski definition) is 4. The van der Waals surface area contributed by atoms with Crippen molar-refractivity contribution in [2.75, 3.05) is 6.54 Å². The molecule has 1 amide bonds. The molecule has 134 valence electrons. The monoisotopic (exact) mass is 393 g/mol. The Bertz CT molecular complexity index is 1070. The Kier molecular flexibility index (Phi) is 5.23. The zero-order valence-corrected chi connectivity index (χ0v) is 15.9. The molecule has 1 saturated heterocycles. The smallest absolute Gasteiger partial charge is 0.264 e. The third kappa shape index (κ3) is 4.21. The molecule has 1 aliphatic heterocycles. The lowest BCUT2D eigenvalue weighted by Gasteiger charge is -2.01. The minimum absolute atomic E-state index is 0.130. The summed E-state index contributed by atoms with van der Waals surface area (Å²) in [5.41, 5.74) is 2.93. The number of para-hydroxylation sites is 1. The van der Waals surface area contributed by atoms with E-state index < -0.39 is 0 Å². The average Bonchev–Trinajstić information content (AvgIpc) is 3.01. The van der Waals surface area contributed by atoms with Crippen LogP contribution < -0.4 is 5.32 Å². The molecule has 4 rings (SSSR count). The van der Waals surface area contributed by atoms with Gasteiger partial charge in [-0.3, -0.25) is 14.8 Å². The number of fused-ring (bicyclic) bond motifs is 1. The largest absolute Gasteiger partial charge is 0.301 e. The lowest BCUT2D eigenvalue weighted by atomic mass is 10.1. The van der Waals surface area contributed by atoms with Crippen LogP contribution in [0.3, 0.4) is 0 Å². The maximum Gasteiger partial charge on any atom is 0.264 e. The highest BCUT2D eigenvalue weighted by Crippen LogP contribution is 2.28. The Morgan fingerprint density at radius 2 is 2.00 bits per heavy atom. The summed E-state index contributed by atoms with van der Waals surface area (Å²) in [5.74, 6) is -0.130. The van der Waals surface area contributed by atoms with Crippen molar-refractivity contribution in [1.82, 2.24) is 10.3 Å². The van der Waals surface area contributed by atoms with Crippen LogP contribution in [0, 0.1) is 0 Å². The van der Waals surface area contributed by atoms with Crippen molar-refractivity contribution in [3.8, 4) is 0 Å². The summed E-state index contributed by atoms with van der Waals surface area (Å²) in [4.78, 5) is 21.8. The summed E-state index contributed by atoms with van der Waals surface area (Å²) in [6.45, 7) is 0.589. The summed E-state index contributed by atoms with van der Waals surface area (Å²) in [7, 11) is 0. The van der Waals surface area contributed by atoms with E-state index in [1.54, 1.807) is 6.20 Å². The standard InChI is InChI=1S/C21H16ClN3OS/c22-17-8-1-4-14(12-17)9-11-24-21-25-20(26)18(27-21)13-16-6-2-5-15-7-3-10-23-19(15)16/h1-8,10,12-13H,9,11H2,(H,24,25,26). The number of amidine groups is 1. The first-order valence-electron chi connectivity index (χ1n) is 8.52. The minimum Gasteiger partial charge on any atom is -0.301 e. The molecule has 0 radical (unpaired) electrons. The Labute approximate surface area is 166 Å². The molecule has 0 bridgehead atoms. The van der Waals surface area contributed by atoms with Crippen LogP contribution in [0.25, 0.3) is 17.0 Å². The molecule has 1 aromatic heterocycles. The van der Waals surface area contributed by atoms with Gasteiger partial charge in [-0.1, -0.05) is 48.0 Å². The van der Waals surface area contributed by atoms with Crippen LogP contribution in [0.2, 0.25) is 5.02 Å². The van der Waals surface area contributed by atoms with Gasteiger partial charge in [-0.25, -0.2) is 0 Å². The summed E-state index contributed by atoms with van der Waals surface area (Å²) < 4.78 is 0. The number of carbonyl (C=O) groups is 1. The zero-order valence-electron chi connectivity index (χ0n) is 14.4. The lowest BCUT2D eigenvalue weighted by molar-refractivity contribution is -0.115. The number of amides is 1. The van der Waals surface area contributed by atoms with E-state index in [0.29, 0.717) is 16.6 Å². The number of aromatic nitrogens is 1. The number of pyridine rings is 1. The number of thioether (sulfide) groups is 1. The Morgan fingerprint density at radius 1 is 1.15 bits per heavy atom. The molecule has 0 aliphatic carbocycles. The van der Waals surface area contributed by atoms with Crippen LogP contribution >= 0.6 is 23.4 Å². The maximum atomic E-state index is 12.3. The van der Waals surface area contributed by atoms with E-state index in [1.165, 1.54) is 11.8 Å². The van der Waals surface area contributed by atoms with Crippen LogP contribution in [-0.4, -0.2) is 22.6 Å². The first-order chi connectivity index (χ1) is 13.2. The molecule has 1 fully saturated rings. The van der Waals surface area contributed by atoms with E-state index in [1.807, 2.05) is 60.7 Å². The van der Waals surface area contributed by atoms with Crippen molar-refractivity contribution in [2.24, 2.45) is 4.99 Å². The fourth-order valence-corrected chi connectivity index (χ4v) is 3.92. The second-order valence-corrected chi connectivity index (χ2v) is 7.52. The molecule has 4 nitrogen and oxygen atoms in total. The number of rotatable bonds is 4. The van der Waals surface area contributed by atoms with Gasteiger partial charge in [0.15, 0.2) is 5.17 Å². The molecule has 2 aromatic carbocycles. The molecular weight excluding hydrogens is 378 g/mol. The van der Waals surface area contributed by atoms with Crippen LogP contribution in [0.4, 0.5) is 0 Å². The van der Waals surface area contributed by atoms with Crippen molar-refractivity contribution < 1.29 is 4.79 Å². The summed E-state index contributed by atoms with van der Waals surface area (Å²) in [6, 6.07) is 17.6. The Balaban J connectivity index is 1.49.